The Bertz CT molecular complexity index is 507. The van der Waals surface area contributed by atoms with Crippen molar-refractivity contribution in [3.8, 4) is 11.3 Å². The van der Waals surface area contributed by atoms with Crippen LogP contribution in [0.25, 0.3) is 11.3 Å². The van der Waals surface area contributed by atoms with Gasteiger partial charge in [-0.3, -0.25) is 4.98 Å². The molecule has 2 aromatic rings. The summed E-state index contributed by atoms with van der Waals surface area (Å²) in [6, 6.07) is 12.0. The molecule has 0 radical (unpaired) electrons. The van der Waals surface area contributed by atoms with Crippen LogP contribution in [-0.2, 0) is 5.41 Å². The van der Waals surface area contributed by atoms with Crippen molar-refractivity contribution >= 4 is 5.69 Å². The van der Waals surface area contributed by atoms with Crippen LogP contribution in [0.5, 0.6) is 0 Å². The van der Waals surface area contributed by atoms with Gasteiger partial charge in [0, 0.05) is 17.4 Å². The Morgan fingerprint density at radius 3 is 2.24 bits per heavy atom. The van der Waals surface area contributed by atoms with Crippen LogP contribution >= 0.6 is 0 Å². The smallest absolute Gasteiger partial charge is 0.0704 e. The molecular formula is C15H18N2. The van der Waals surface area contributed by atoms with Crippen LogP contribution in [0.4, 0.5) is 5.69 Å². The summed E-state index contributed by atoms with van der Waals surface area (Å²) >= 11 is 0. The molecule has 0 saturated heterocycles. The summed E-state index contributed by atoms with van der Waals surface area (Å²) in [7, 11) is 0. The van der Waals surface area contributed by atoms with Crippen LogP contribution in [0.1, 0.15) is 26.3 Å². The summed E-state index contributed by atoms with van der Waals surface area (Å²) < 4.78 is 0. The molecule has 0 aliphatic heterocycles. The Kier molecular flexibility index (Phi) is 2.88. The zero-order valence-corrected chi connectivity index (χ0v) is 10.6. The second kappa shape index (κ2) is 4.21. The number of hydrogen-bond donors (Lipinski definition) is 1. The van der Waals surface area contributed by atoms with Gasteiger partial charge in [-0.2, -0.15) is 0 Å². The van der Waals surface area contributed by atoms with Gasteiger partial charge < -0.3 is 5.73 Å². The topological polar surface area (TPSA) is 38.9 Å². The lowest BCUT2D eigenvalue weighted by molar-refractivity contribution is 0.589. The second-order valence-corrected chi connectivity index (χ2v) is 5.30. The molecular weight excluding hydrogens is 208 g/mol. The molecule has 1 heterocycles. The lowest BCUT2D eigenvalue weighted by atomic mass is 9.87. The third-order valence-electron chi connectivity index (χ3n) is 2.83. The first kappa shape index (κ1) is 11.6. The fourth-order valence-corrected chi connectivity index (χ4v) is 1.71. The van der Waals surface area contributed by atoms with E-state index >= 15 is 0 Å². The standard InChI is InChI=1S/C15H18N2/c1-15(2,3)12-8-9-17-14(10-12)11-4-6-13(16)7-5-11/h4-10H,16H2,1-3H3. The third kappa shape index (κ3) is 2.64. The van der Waals surface area contributed by atoms with Gasteiger partial charge in [0.05, 0.1) is 5.69 Å². The monoisotopic (exact) mass is 226 g/mol. The minimum absolute atomic E-state index is 0.144. The molecule has 2 rings (SSSR count). The molecule has 0 unspecified atom stereocenters. The van der Waals surface area contributed by atoms with Gasteiger partial charge in [0.25, 0.3) is 0 Å². The zero-order chi connectivity index (χ0) is 12.5. The predicted octanol–water partition coefficient (Wildman–Crippen LogP) is 3.63. The number of nitrogens with zero attached hydrogens (tertiary/aromatic N) is 1. The van der Waals surface area contributed by atoms with Crippen molar-refractivity contribution in [2.45, 2.75) is 26.2 Å². The SMILES string of the molecule is CC(C)(C)c1ccnc(-c2ccc(N)cc2)c1. The van der Waals surface area contributed by atoms with Crippen LogP contribution < -0.4 is 5.73 Å². The van der Waals surface area contributed by atoms with Crippen molar-refractivity contribution in [1.82, 2.24) is 4.98 Å². The minimum Gasteiger partial charge on any atom is -0.399 e. The zero-order valence-electron chi connectivity index (χ0n) is 10.6. The molecule has 0 fully saturated rings. The molecule has 88 valence electrons. The molecule has 2 nitrogen and oxygen atoms in total. The van der Waals surface area contributed by atoms with E-state index in [4.69, 9.17) is 5.73 Å². The first-order chi connectivity index (χ1) is 7.97. The van der Waals surface area contributed by atoms with E-state index in [1.165, 1.54) is 5.56 Å². The number of benzene rings is 1. The van der Waals surface area contributed by atoms with Crippen molar-refractivity contribution in [2.75, 3.05) is 5.73 Å². The summed E-state index contributed by atoms with van der Waals surface area (Å²) in [5.74, 6) is 0. The Labute approximate surface area is 103 Å². The van der Waals surface area contributed by atoms with Crippen molar-refractivity contribution in [3.05, 3.63) is 48.2 Å². The van der Waals surface area contributed by atoms with Gasteiger partial charge in [-0.25, -0.2) is 0 Å². The molecule has 1 aromatic carbocycles. The summed E-state index contributed by atoms with van der Waals surface area (Å²) in [6.45, 7) is 6.61. The summed E-state index contributed by atoms with van der Waals surface area (Å²) in [4.78, 5) is 4.41. The lowest BCUT2D eigenvalue weighted by Crippen LogP contribution is -2.11. The molecule has 0 amide bonds. The van der Waals surface area contributed by atoms with Gasteiger partial charge in [-0.05, 0) is 35.2 Å². The van der Waals surface area contributed by atoms with Gasteiger partial charge in [0.2, 0.25) is 0 Å². The second-order valence-electron chi connectivity index (χ2n) is 5.30. The number of rotatable bonds is 1. The Hall–Kier alpha value is -1.83. The summed E-state index contributed by atoms with van der Waals surface area (Å²) in [5.41, 5.74) is 10.00. The largest absolute Gasteiger partial charge is 0.399 e. The van der Waals surface area contributed by atoms with Gasteiger partial charge in [0.1, 0.15) is 0 Å². The Balaban J connectivity index is 2.43. The maximum Gasteiger partial charge on any atom is 0.0704 e. The van der Waals surface area contributed by atoms with Crippen LogP contribution in [0.2, 0.25) is 0 Å². The fourth-order valence-electron chi connectivity index (χ4n) is 1.71. The van der Waals surface area contributed by atoms with E-state index in [-0.39, 0.29) is 5.41 Å². The van der Waals surface area contributed by atoms with E-state index in [9.17, 15) is 0 Å². The number of hydrogen-bond acceptors (Lipinski definition) is 2. The van der Waals surface area contributed by atoms with Gasteiger partial charge in [0.15, 0.2) is 0 Å². The van der Waals surface area contributed by atoms with E-state index in [2.05, 4.69) is 37.9 Å². The van der Waals surface area contributed by atoms with Gasteiger partial charge >= 0.3 is 0 Å². The van der Waals surface area contributed by atoms with E-state index in [0.717, 1.165) is 16.9 Å². The number of nitrogen functional groups attached to an aromatic ring is 1. The highest BCUT2D eigenvalue weighted by Gasteiger charge is 2.14. The average Bonchev–Trinajstić information content (AvgIpc) is 2.29. The predicted molar refractivity (Wildman–Crippen MR) is 72.8 cm³/mol. The number of aromatic nitrogens is 1. The number of nitrogens with two attached hydrogens (primary N) is 1. The highest BCUT2D eigenvalue weighted by Crippen LogP contribution is 2.26. The van der Waals surface area contributed by atoms with Gasteiger partial charge in [-0.1, -0.05) is 32.9 Å². The third-order valence-corrected chi connectivity index (χ3v) is 2.83. The first-order valence-corrected chi connectivity index (χ1v) is 5.79. The number of pyridine rings is 1. The molecule has 0 atom stereocenters. The maximum absolute atomic E-state index is 5.68. The molecule has 1 aromatic heterocycles. The highest BCUT2D eigenvalue weighted by molar-refractivity contribution is 5.62. The molecule has 0 aliphatic rings. The normalized spacial score (nSPS) is 11.5. The molecule has 17 heavy (non-hydrogen) atoms. The Morgan fingerprint density at radius 2 is 1.65 bits per heavy atom. The minimum atomic E-state index is 0.144. The van der Waals surface area contributed by atoms with E-state index in [1.54, 1.807) is 0 Å². The highest BCUT2D eigenvalue weighted by atomic mass is 14.7. The van der Waals surface area contributed by atoms with Crippen molar-refractivity contribution in [2.24, 2.45) is 0 Å². The van der Waals surface area contributed by atoms with Crippen LogP contribution in [0.15, 0.2) is 42.6 Å². The van der Waals surface area contributed by atoms with E-state index in [0.29, 0.717) is 0 Å². The first-order valence-electron chi connectivity index (χ1n) is 5.79. The Morgan fingerprint density at radius 1 is 1.00 bits per heavy atom. The summed E-state index contributed by atoms with van der Waals surface area (Å²) in [5, 5.41) is 0. The lowest BCUT2D eigenvalue weighted by Gasteiger charge is -2.19. The number of anilines is 1. The molecule has 2 N–H and O–H groups in total. The molecule has 2 heteroatoms. The van der Waals surface area contributed by atoms with E-state index < -0.39 is 0 Å². The van der Waals surface area contributed by atoms with Crippen molar-refractivity contribution in [3.63, 3.8) is 0 Å². The fraction of sp³-hybridized carbons (Fsp3) is 0.267. The molecule has 0 saturated carbocycles. The van der Waals surface area contributed by atoms with Gasteiger partial charge in [-0.15, -0.1) is 0 Å². The van der Waals surface area contributed by atoms with Crippen LogP contribution in [-0.4, -0.2) is 4.98 Å². The summed E-state index contributed by atoms with van der Waals surface area (Å²) in [6.07, 6.45) is 1.87. The molecule has 0 spiro atoms. The average molecular weight is 226 g/mol. The maximum atomic E-state index is 5.68. The van der Waals surface area contributed by atoms with Crippen LogP contribution in [0, 0.1) is 0 Å². The van der Waals surface area contributed by atoms with Crippen molar-refractivity contribution in [1.29, 1.82) is 0 Å². The quantitative estimate of drug-likeness (QED) is 0.754. The molecule has 0 bridgehead atoms. The molecule has 0 aliphatic carbocycles. The van der Waals surface area contributed by atoms with E-state index in [1.807, 2.05) is 30.5 Å². The van der Waals surface area contributed by atoms with Crippen molar-refractivity contribution < 1.29 is 0 Å². The van der Waals surface area contributed by atoms with Crippen LogP contribution in [0.3, 0.4) is 0 Å².